The molecule has 1 fully saturated rings. The minimum absolute atomic E-state index is 0.247. The molecule has 0 aromatic carbocycles. The minimum atomic E-state index is 0.247. The third-order valence-electron chi connectivity index (χ3n) is 3.32. The highest BCUT2D eigenvalue weighted by Gasteiger charge is 2.18. The van der Waals surface area contributed by atoms with Crippen LogP contribution in [0.5, 0.6) is 0 Å². The van der Waals surface area contributed by atoms with E-state index in [0.717, 1.165) is 39.1 Å². The first-order valence-electron chi connectivity index (χ1n) is 6.30. The number of amides is 1. The van der Waals surface area contributed by atoms with Gasteiger partial charge in [-0.05, 0) is 19.5 Å². The molecule has 1 rings (SSSR count). The van der Waals surface area contributed by atoms with Crippen molar-refractivity contribution in [3.8, 4) is 0 Å². The maximum Gasteiger partial charge on any atom is 0.236 e. The lowest BCUT2D eigenvalue weighted by Crippen LogP contribution is -2.49. The van der Waals surface area contributed by atoms with E-state index in [0.29, 0.717) is 12.5 Å². The zero-order valence-electron chi connectivity index (χ0n) is 10.8. The van der Waals surface area contributed by atoms with Crippen molar-refractivity contribution in [3.05, 3.63) is 0 Å². The molecule has 0 aliphatic carbocycles. The van der Waals surface area contributed by atoms with E-state index in [2.05, 4.69) is 31.1 Å². The predicted molar refractivity (Wildman–Crippen MR) is 66.4 cm³/mol. The van der Waals surface area contributed by atoms with Gasteiger partial charge < -0.3 is 15.1 Å². The molecule has 4 heteroatoms. The van der Waals surface area contributed by atoms with Crippen LogP contribution in [0.1, 0.15) is 20.3 Å². The van der Waals surface area contributed by atoms with Crippen LogP contribution in [0.2, 0.25) is 0 Å². The van der Waals surface area contributed by atoms with Crippen molar-refractivity contribution in [1.82, 2.24) is 15.1 Å². The van der Waals surface area contributed by atoms with Gasteiger partial charge in [0.25, 0.3) is 0 Å². The van der Waals surface area contributed by atoms with Gasteiger partial charge in [0.1, 0.15) is 0 Å². The van der Waals surface area contributed by atoms with Crippen molar-refractivity contribution in [3.63, 3.8) is 0 Å². The average Bonchev–Trinajstić information content (AvgIpc) is 2.29. The van der Waals surface area contributed by atoms with E-state index in [1.165, 1.54) is 0 Å². The van der Waals surface area contributed by atoms with Gasteiger partial charge >= 0.3 is 0 Å². The van der Waals surface area contributed by atoms with E-state index in [1.54, 1.807) is 0 Å². The minimum Gasteiger partial charge on any atom is -0.339 e. The molecular formula is C12H25N3O. The van der Waals surface area contributed by atoms with Crippen LogP contribution >= 0.6 is 0 Å². The molecule has 94 valence electrons. The summed E-state index contributed by atoms with van der Waals surface area (Å²) in [6.07, 6.45) is 1.16. The number of hydrogen-bond donors (Lipinski definition) is 1. The van der Waals surface area contributed by atoms with Crippen molar-refractivity contribution in [2.75, 3.05) is 46.3 Å². The number of nitrogens with zero attached hydrogens (tertiary/aromatic N) is 2. The second kappa shape index (κ2) is 6.86. The van der Waals surface area contributed by atoms with Crippen LogP contribution in [0.3, 0.4) is 0 Å². The van der Waals surface area contributed by atoms with Gasteiger partial charge in [0.05, 0.1) is 6.54 Å². The fraction of sp³-hybridized carbons (Fsp3) is 0.917. The van der Waals surface area contributed by atoms with Crippen molar-refractivity contribution >= 4 is 5.91 Å². The molecule has 0 aromatic heterocycles. The number of nitrogens with one attached hydrogen (secondary N) is 1. The number of hydrogen-bond acceptors (Lipinski definition) is 3. The molecule has 1 heterocycles. The van der Waals surface area contributed by atoms with Crippen LogP contribution in [-0.2, 0) is 4.79 Å². The smallest absolute Gasteiger partial charge is 0.236 e. The van der Waals surface area contributed by atoms with E-state index in [1.807, 2.05) is 4.90 Å². The highest BCUT2D eigenvalue weighted by Crippen LogP contribution is 2.00. The fourth-order valence-corrected chi connectivity index (χ4v) is 1.74. The summed E-state index contributed by atoms with van der Waals surface area (Å²) in [5.74, 6) is 0.900. The maximum absolute atomic E-state index is 11.8. The first-order chi connectivity index (χ1) is 7.63. The molecule has 1 N–H and O–H groups in total. The van der Waals surface area contributed by atoms with Gasteiger partial charge in [-0.15, -0.1) is 0 Å². The van der Waals surface area contributed by atoms with Gasteiger partial charge in [-0.1, -0.05) is 20.3 Å². The lowest BCUT2D eigenvalue weighted by molar-refractivity contribution is -0.131. The Morgan fingerprint density at radius 1 is 1.31 bits per heavy atom. The number of carbonyl (C=O) groups is 1. The number of likely N-dealkylation sites (N-methyl/N-ethyl adjacent to an activating group) is 1. The molecule has 1 saturated heterocycles. The van der Waals surface area contributed by atoms with Crippen molar-refractivity contribution in [2.24, 2.45) is 5.92 Å². The van der Waals surface area contributed by atoms with Crippen LogP contribution in [0.15, 0.2) is 0 Å². The van der Waals surface area contributed by atoms with E-state index < -0.39 is 0 Å². The molecule has 1 amide bonds. The first kappa shape index (κ1) is 13.5. The highest BCUT2D eigenvalue weighted by atomic mass is 16.2. The van der Waals surface area contributed by atoms with E-state index in [9.17, 15) is 4.79 Å². The Hall–Kier alpha value is -0.610. The first-order valence-corrected chi connectivity index (χ1v) is 6.30. The predicted octanol–water partition coefficient (Wildman–Crippen LogP) is 0.396. The zero-order valence-corrected chi connectivity index (χ0v) is 10.8. The highest BCUT2D eigenvalue weighted by molar-refractivity contribution is 5.78. The molecule has 0 spiro atoms. The molecular weight excluding hydrogens is 202 g/mol. The van der Waals surface area contributed by atoms with Gasteiger partial charge in [0.15, 0.2) is 0 Å². The molecule has 0 aromatic rings. The molecule has 16 heavy (non-hydrogen) atoms. The molecule has 0 bridgehead atoms. The maximum atomic E-state index is 11.8. The van der Waals surface area contributed by atoms with E-state index >= 15 is 0 Å². The van der Waals surface area contributed by atoms with Crippen molar-refractivity contribution in [1.29, 1.82) is 0 Å². The van der Waals surface area contributed by atoms with Gasteiger partial charge in [-0.25, -0.2) is 0 Å². The Balaban J connectivity index is 2.15. The third-order valence-corrected chi connectivity index (χ3v) is 3.32. The zero-order chi connectivity index (χ0) is 12.0. The summed E-state index contributed by atoms with van der Waals surface area (Å²) in [6, 6.07) is 0. The van der Waals surface area contributed by atoms with E-state index in [4.69, 9.17) is 0 Å². The monoisotopic (exact) mass is 227 g/mol. The molecule has 4 nitrogen and oxygen atoms in total. The Morgan fingerprint density at radius 2 is 1.94 bits per heavy atom. The normalized spacial score (nSPS) is 19.8. The van der Waals surface area contributed by atoms with Gasteiger partial charge in [0, 0.05) is 26.2 Å². The summed E-state index contributed by atoms with van der Waals surface area (Å²) in [6.45, 7) is 9.56. The second-order valence-corrected chi connectivity index (χ2v) is 4.83. The summed E-state index contributed by atoms with van der Waals surface area (Å²) < 4.78 is 0. The van der Waals surface area contributed by atoms with E-state index in [-0.39, 0.29) is 5.91 Å². The molecule has 1 atom stereocenters. The largest absolute Gasteiger partial charge is 0.339 e. The molecule has 1 aliphatic heterocycles. The van der Waals surface area contributed by atoms with Crippen molar-refractivity contribution in [2.45, 2.75) is 20.3 Å². The van der Waals surface area contributed by atoms with Crippen LogP contribution in [0, 0.1) is 5.92 Å². The molecule has 1 unspecified atom stereocenters. The number of rotatable bonds is 5. The molecule has 0 saturated carbocycles. The van der Waals surface area contributed by atoms with Crippen LogP contribution < -0.4 is 5.32 Å². The molecule has 1 aliphatic rings. The SMILES string of the molecule is CCC(C)CNCC(=O)N1CCN(C)CC1. The topological polar surface area (TPSA) is 35.6 Å². The summed E-state index contributed by atoms with van der Waals surface area (Å²) in [4.78, 5) is 16.0. The summed E-state index contributed by atoms with van der Waals surface area (Å²) in [5, 5.41) is 3.24. The Morgan fingerprint density at radius 3 is 2.50 bits per heavy atom. The summed E-state index contributed by atoms with van der Waals surface area (Å²) in [5.41, 5.74) is 0. The van der Waals surface area contributed by atoms with Gasteiger partial charge in [-0.2, -0.15) is 0 Å². The van der Waals surface area contributed by atoms with Gasteiger partial charge in [-0.3, -0.25) is 4.79 Å². The van der Waals surface area contributed by atoms with Crippen LogP contribution in [0.4, 0.5) is 0 Å². The summed E-state index contributed by atoms with van der Waals surface area (Å²) >= 11 is 0. The molecule has 0 radical (unpaired) electrons. The Kier molecular flexibility index (Phi) is 5.77. The second-order valence-electron chi connectivity index (χ2n) is 4.83. The lowest BCUT2D eigenvalue weighted by Gasteiger charge is -2.32. The van der Waals surface area contributed by atoms with Crippen LogP contribution in [-0.4, -0.2) is 62.0 Å². The Bertz CT molecular complexity index is 212. The van der Waals surface area contributed by atoms with Gasteiger partial charge in [0.2, 0.25) is 5.91 Å². The quantitative estimate of drug-likeness (QED) is 0.738. The Labute approximate surface area is 99.0 Å². The third kappa shape index (κ3) is 4.49. The fourth-order valence-electron chi connectivity index (χ4n) is 1.74. The lowest BCUT2D eigenvalue weighted by atomic mass is 10.1. The van der Waals surface area contributed by atoms with Crippen molar-refractivity contribution < 1.29 is 4.79 Å². The standard InChI is InChI=1S/C12H25N3O/c1-4-11(2)9-13-10-12(16)15-7-5-14(3)6-8-15/h11,13H,4-10H2,1-3H3. The number of carbonyl (C=O) groups excluding carboxylic acids is 1. The van der Waals surface area contributed by atoms with Crippen LogP contribution in [0.25, 0.3) is 0 Å². The average molecular weight is 227 g/mol. The summed E-state index contributed by atoms with van der Waals surface area (Å²) in [7, 11) is 2.10. The number of piperazine rings is 1.